The molecule has 2 heterocycles. The molecule has 0 spiro atoms. The highest BCUT2D eigenvalue weighted by Crippen LogP contribution is 2.32. The summed E-state index contributed by atoms with van der Waals surface area (Å²) in [5, 5.41) is 0. The molecule has 0 saturated heterocycles. The van der Waals surface area contributed by atoms with Crippen LogP contribution in [-0.4, -0.2) is 30.4 Å². The van der Waals surface area contributed by atoms with E-state index in [1.807, 2.05) is 24.3 Å². The minimum Gasteiger partial charge on any atom is -0.492 e. The summed E-state index contributed by atoms with van der Waals surface area (Å²) in [4.78, 5) is 14.6. The number of halogens is 2. The van der Waals surface area contributed by atoms with Gasteiger partial charge in [-0.3, -0.25) is 9.69 Å². The number of fused-ring (bicyclic) bond motifs is 1. The fourth-order valence-corrected chi connectivity index (χ4v) is 5.19. The van der Waals surface area contributed by atoms with E-state index in [-0.39, 0.29) is 5.78 Å². The number of rotatable bonds is 3. The van der Waals surface area contributed by atoms with E-state index in [0.717, 1.165) is 37.5 Å². The topological polar surface area (TPSA) is 29.5 Å². The third kappa shape index (κ3) is 3.56. The molecule has 0 saturated carbocycles. The van der Waals surface area contributed by atoms with Crippen molar-refractivity contribution in [2.24, 2.45) is 0 Å². The van der Waals surface area contributed by atoms with Crippen LogP contribution < -0.4 is 4.74 Å². The first-order valence-electron chi connectivity index (χ1n) is 6.54. The summed E-state index contributed by atoms with van der Waals surface area (Å²) in [5.41, 5.74) is 1.87. The van der Waals surface area contributed by atoms with Crippen molar-refractivity contribution >= 4 is 49.0 Å². The van der Waals surface area contributed by atoms with Crippen LogP contribution in [-0.2, 0) is 6.54 Å². The Morgan fingerprint density at radius 3 is 2.90 bits per heavy atom. The summed E-state index contributed by atoms with van der Waals surface area (Å²) in [6, 6.07) is 9.88. The van der Waals surface area contributed by atoms with E-state index in [1.165, 1.54) is 11.3 Å². The Kier molecular flexibility index (Phi) is 4.78. The largest absolute Gasteiger partial charge is 0.492 e. The fraction of sp³-hybridized carbons (Fsp3) is 0.267. The van der Waals surface area contributed by atoms with Crippen molar-refractivity contribution in [3.05, 3.63) is 49.0 Å². The lowest BCUT2D eigenvalue weighted by Crippen LogP contribution is -2.31. The predicted octanol–water partition coefficient (Wildman–Crippen LogP) is 4.35. The van der Waals surface area contributed by atoms with Gasteiger partial charge in [-0.25, -0.2) is 0 Å². The summed E-state index contributed by atoms with van der Waals surface area (Å²) in [7, 11) is 0. The maximum absolute atomic E-state index is 12.4. The summed E-state index contributed by atoms with van der Waals surface area (Å²) >= 11 is 8.38. The number of ketones is 1. The van der Waals surface area contributed by atoms with Crippen LogP contribution in [0.1, 0.15) is 15.9 Å². The molecule has 0 radical (unpaired) electrons. The Hall–Kier alpha value is -0.690. The van der Waals surface area contributed by atoms with Gasteiger partial charge in [0, 0.05) is 24.2 Å². The van der Waals surface area contributed by atoms with Gasteiger partial charge < -0.3 is 4.74 Å². The molecule has 0 fully saturated rings. The number of hydrogen-bond donors (Lipinski definition) is 0. The standard InChI is InChI=1S/C15H13Br2NO2S/c16-14-7-11(15(17)21-14)12(19)9-18-5-6-20-13-4-2-1-3-10(13)8-18/h1-4,7H,5-6,8-9H2. The lowest BCUT2D eigenvalue weighted by atomic mass is 10.1. The molecule has 3 nitrogen and oxygen atoms in total. The molecule has 3 rings (SSSR count). The molecule has 0 atom stereocenters. The van der Waals surface area contributed by atoms with Gasteiger partial charge in [0.25, 0.3) is 0 Å². The highest BCUT2D eigenvalue weighted by atomic mass is 79.9. The zero-order valence-electron chi connectivity index (χ0n) is 11.1. The summed E-state index contributed by atoms with van der Waals surface area (Å²) in [6.07, 6.45) is 0. The molecule has 1 aromatic heterocycles. The van der Waals surface area contributed by atoms with E-state index in [9.17, 15) is 4.79 Å². The van der Waals surface area contributed by atoms with Gasteiger partial charge in [-0.05, 0) is 44.0 Å². The van der Waals surface area contributed by atoms with Crippen LogP contribution >= 0.6 is 43.2 Å². The van der Waals surface area contributed by atoms with E-state index in [4.69, 9.17) is 4.74 Å². The van der Waals surface area contributed by atoms with Gasteiger partial charge in [0.15, 0.2) is 5.78 Å². The maximum atomic E-state index is 12.4. The van der Waals surface area contributed by atoms with E-state index in [0.29, 0.717) is 13.2 Å². The van der Waals surface area contributed by atoms with Crippen molar-refractivity contribution in [2.45, 2.75) is 6.54 Å². The van der Waals surface area contributed by atoms with Crippen molar-refractivity contribution in [3.8, 4) is 5.75 Å². The van der Waals surface area contributed by atoms with Gasteiger partial charge in [-0.2, -0.15) is 0 Å². The Labute approximate surface area is 144 Å². The number of carbonyl (C=O) groups is 1. The van der Waals surface area contributed by atoms with Crippen molar-refractivity contribution < 1.29 is 9.53 Å². The molecule has 1 aromatic carbocycles. The number of thiophene rings is 1. The third-order valence-corrected chi connectivity index (χ3v) is 5.70. The molecule has 1 aliphatic rings. The second-order valence-corrected chi connectivity index (χ2v) is 8.58. The molecular weight excluding hydrogens is 418 g/mol. The van der Waals surface area contributed by atoms with E-state index in [2.05, 4.69) is 42.8 Å². The van der Waals surface area contributed by atoms with Gasteiger partial charge in [-0.15, -0.1) is 11.3 Å². The van der Waals surface area contributed by atoms with E-state index >= 15 is 0 Å². The predicted molar refractivity (Wildman–Crippen MR) is 91.3 cm³/mol. The first kappa shape index (κ1) is 15.2. The average Bonchev–Trinajstić information content (AvgIpc) is 2.68. The Balaban J connectivity index is 1.73. The average molecular weight is 431 g/mol. The number of carbonyl (C=O) groups excluding carboxylic acids is 1. The lowest BCUT2D eigenvalue weighted by Gasteiger charge is -2.18. The van der Waals surface area contributed by atoms with Crippen molar-refractivity contribution in [1.29, 1.82) is 0 Å². The number of nitrogens with zero attached hydrogens (tertiary/aromatic N) is 1. The SMILES string of the molecule is O=C(CN1CCOc2ccccc2C1)c1cc(Br)sc1Br. The number of para-hydroxylation sites is 1. The molecule has 0 amide bonds. The van der Waals surface area contributed by atoms with Crippen molar-refractivity contribution in [1.82, 2.24) is 4.90 Å². The van der Waals surface area contributed by atoms with Crippen LogP contribution in [0.3, 0.4) is 0 Å². The first-order valence-corrected chi connectivity index (χ1v) is 8.95. The van der Waals surface area contributed by atoms with Gasteiger partial charge in [0.1, 0.15) is 12.4 Å². The number of hydrogen-bond acceptors (Lipinski definition) is 4. The second-order valence-electron chi connectivity index (χ2n) is 4.83. The Morgan fingerprint density at radius 1 is 1.33 bits per heavy atom. The molecule has 2 aromatic rings. The molecule has 0 aliphatic carbocycles. The van der Waals surface area contributed by atoms with Crippen LogP contribution in [0, 0.1) is 0 Å². The smallest absolute Gasteiger partial charge is 0.178 e. The highest BCUT2D eigenvalue weighted by Gasteiger charge is 2.20. The normalized spacial score (nSPS) is 15.1. The maximum Gasteiger partial charge on any atom is 0.178 e. The van der Waals surface area contributed by atoms with Gasteiger partial charge in [-0.1, -0.05) is 18.2 Å². The molecule has 6 heteroatoms. The summed E-state index contributed by atoms with van der Waals surface area (Å²) < 4.78 is 7.57. The Morgan fingerprint density at radius 2 is 2.14 bits per heavy atom. The first-order chi connectivity index (χ1) is 10.1. The fourth-order valence-electron chi connectivity index (χ4n) is 2.33. The lowest BCUT2D eigenvalue weighted by molar-refractivity contribution is 0.0921. The van der Waals surface area contributed by atoms with Gasteiger partial charge in [0.2, 0.25) is 0 Å². The zero-order valence-corrected chi connectivity index (χ0v) is 15.1. The summed E-state index contributed by atoms with van der Waals surface area (Å²) in [5.74, 6) is 1.05. The molecule has 0 N–H and O–H groups in total. The molecule has 0 unspecified atom stereocenters. The van der Waals surface area contributed by atoms with Crippen LogP contribution in [0.15, 0.2) is 37.9 Å². The highest BCUT2D eigenvalue weighted by molar-refractivity contribution is 9.12. The van der Waals surface area contributed by atoms with E-state index < -0.39 is 0 Å². The van der Waals surface area contributed by atoms with Crippen molar-refractivity contribution in [2.75, 3.05) is 19.7 Å². The zero-order chi connectivity index (χ0) is 14.8. The van der Waals surface area contributed by atoms with Crippen LogP contribution in [0.4, 0.5) is 0 Å². The van der Waals surface area contributed by atoms with Crippen molar-refractivity contribution in [3.63, 3.8) is 0 Å². The van der Waals surface area contributed by atoms with Crippen LogP contribution in [0.2, 0.25) is 0 Å². The molecule has 0 bridgehead atoms. The minimum atomic E-state index is 0.128. The Bertz CT molecular complexity index is 671. The molecular formula is C15H13Br2NO2S. The van der Waals surface area contributed by atoms with Crippen LogP contribution in [0.5, 0.6) is 5.75 Å². The van der Waals surface area contributed by atoms with E-state index in [1.54, 1.807) is 0 Å². The van der Waals surface area contributed by atoms with Crippen LogP contribution in [0.25, 0.3) is 0 Å². The molecule has 21 heavy (non-hydrogen) atoms. The third-order valence-electron chi connectivity index (χ3n) is 3.36. The molecule has 1 aliphatic heterocycles. The summed E-state index contributed by atoms with van der Waals surface area (Å²) in [6.45, 7) is 2.51. The van der Waals surface area contributed by atoms with Gasteiger partial charge in [0.05, 0.1) is 14.1 Å². The monoisotopic (exact) mass is 429 g/mol. The second kappa shape index (κ2) is 6.60. The quantitative estimate of drug-likeness (QED) is 0.678. The number of ether oxygens (including phenoxy) is 1. The number of Topliss-reactive ketones (excluding diaryl/α,β-unsaturated/α-hetero) is 1. The molecule has 110 valence electrons. The van der Waals surface area contributed by atoms with Gasteiger partial charge >= 0.3 is 0 Å². The minimum absolute atomic E-state index is 0.128. The number of benzene rings is 1.